The lowest BCUT2D eigenvalue weighted by Gasteiger charge is -2.26. The van der Waals surface area contributed by atoms with Crippen molar-refractivity contribution < 1.29 is 9.53 Å². The monoisotopic (exact) mass is 382 g/mol. The van der Waals surface area contributed by atoms with E-state index in [9.17, 15) is 9.59 Å². The first-order chi connectivity index (χ1) is 12.9. The van der Waals surface area contributed by atoms with Gasteiger partial charge in [-0.2, -0.15) is 0 Å². The molecule has 138 valence electrons. The number of ether oxygens (including phenoxy) is 1. The molecule has 1 N–H and O–H groups in total. The fraction of sp³-hybridized carbons (Fsp3) is 0.238. The van der Waals surface area contributed by atoms with E-state index in [0.717, 1.165) is 11.1 Å². The maximum absolute atomic E-state index is 13.0. The number of aryl methyl sites for hydroxylation is 1. The molecule has 1 aliphatic heterocycles. The van der Waals surface area contributed by atoms with Crippen molar-refractivity contribution in [3.63, 3.8) is 0 Å². The van der Waals surface area contributed by atoms with Gasteiger partial charge in [0.1, 0.15) is 17.4 Å². The van der Waals surface area contributed by atoms with Crippen molar-refractivity contribution in [1.82, 2.24) is 4.57 Å². The van der Waals surface area contributed by atoms with Crippen molar-refractivity contribution in [2.75, 3.05) is 5.32 Å². The van der Waals surface area contributed by atoms with Crippen molar-refractivity contribution in [2.24, 2.45) is 0 Å². The Balaban J connectivity index is 1.87. The van der Waals surface area contributed by atoms with Crippen molar-refractivity contribution in [3.05, 3.63) is 68.5 Å². The summed E-state index contributed by atoms with van der Waals surface area (Å²) in [4.78, 5) is 26.0. The van der Waals surface area contributed by atoms with Crippen LogP contribution in [0.25, 0.3) is 10.9 Å². The third kappa shape index (κ3) is 2.88. The zero-order valence-electron chi connectivity index (χ0n) is 15.3. The topological polar surface area (TPSA) is 60.3 Å². The summed E-state index contributed by atoms with van der Waals surface area (Å²) in [5, 5.41) is 3.49. The lowest BCUT2D eigenvalue weighted by molar-refractivity contribution is 0.102. The molecule has 1 unspecified atom stereocenters. The molecule has 0 aliphatic carbocycles. The quantitative estimate of drug-likeness (QED) is 0.718. The average molecular weight is 383 g/mol. The summed E-state index contributed by atoms with van der Waals surface area (Å²) < 4.78 is 7.70. The molecule has 0 spiro atoms. The highest BCUT2D eigenvalue weighted by molar-refractivity contribution is 6.35. The highest BCUT2D eigenvalue weighted by Gasteiger charge is 2.24. The first kappa shape index (κ1) is 17.6. The number of nitrogens with one attached hydrogen (secondary N) is 1. The summed E-state index contributed by atoms with van der Waals surface area (Å²) in [5.41, 5.74) is 3.03. The van der Waals surface area contributed by atoms with E-state index in [2.05, 4.69) is 5.32 Å². The second-order valence-electron chi connectivity index (χ2n) is 6.92. The molecular weight excluding hydrogens is 364 g/mol. The summed E-state index contributed by atoms with van der Waals surface area (Å²) >= 11 is 6.31. The molecular formula is C21H19ClN2O3. The Morgan fingerprint density at radius 1 is 1.26 bits per heavy atom. The number of carbonyl (C=O) groups is 1. The number of rotatable bonds is 2. The van der Waals surface area contributed by atoms with Crippen LogP contribution in [-0.2, 0) is 6.54 Å². The highest BCUT2D eigenvalue weighted by atomic mass is 35.5. The minimum atomic E-state index is -0.444. The van der Waals surface area contributed by atoms with E-state index in [-0.39, 0.29) is 11.7 Å². The van der Waals surface area contributed by atoms with Gasteiger partial charge in [0.05, 0.1) is 22.5 Å². The Kier molecular flexibility index (Phi) is 4.19. The number of hydrogen-bond donors (Lipinski definition) is 1. The molecule has 0 saturated heterocycles. The van der Waals surface area contributed by atoms with Crippen LogP contribution in [0.2, 0.25) is 5.02 Å². The van der Waals surface area contributed by atoms with E-state index in [1.807, 2.05) is 43.5 Å². The molecule has 1 aliphatic rings. The highest BCUT2D eigenvalue weighted by Crippen LogP contribution is 2.33. The lowest BCUT2D eigenvalue weighted by Crippen LogP contribution is -2.30. The Bertz CT molecular complexity index is 1150. The number of pyridine rings is 1. The minimum Gasteiger partial charge on any atom is -0.487 e. The van der Waals surface area contributed by atoms with Crippen molar-refractivity contribution >= 4 is 34.1 Å². The number of amides is 1. The molecule has 0 saturated carbocycles. The lowest BCUT2D eigenvalue weighted by atomic mass is 10.1. The number of nitrogens with zero attached hydrogens (tertiary/aromatic N) is 1. The van der Waals surface area contributed by atoms with Crippen LogP contribution in [0.1, 0.15) is 28.4 Å². The molecule has 1 atom stereocenters. The number of aromatic nitrogens is 1. The van der Waals surface area contributed by atoms with Gasteiger partial charge in [-0.3, -0.25) is 9.59 Å². The van der Waals surface area contributed by atoms with Gasteiger partial charge < -0.3 is 14.6 Å². The van der Waals surface area contributed by atoms with E-state index >= 15 is 0 Å². The summed E-state index contributed by atoms with van der Waals surface area (Å²) in [6.07, 6.45) is 1.53. The molecule has 4 rings (SSSR count). The summed E-state index contributed by atoms with van der Waals surface area (Å²) in [6, 6.07) is 9.06. The van der Waals surface area contributed by atoms with E-state index < -0.39 is 11.3 Å². The predicted molar refractivity (Wildman–Crippen MR) is 107 cm³/mol. The first-order valence-corrected chi connectivity index (χ1v) is 9.14. The van der Waals surface area contributed by atoms with Gasteiger partial charge >= 0.3 is 0 Å². The number of anilines is 1. The second-order valence-corrected chi connectivity index (χ2v) is 7.33. The van der Waals surface area contributed by atoms with Crippen LogP contribution in [-0.4, -0.2) is 16.6 Å². The number of halogens is 1. The van der Waals surface area contributed by atoms with Gasteiger partial charge in [-0.1, -0.05) is 23.7 Å². The van der Waals surface area contributed by atoms with Crippen molar-refractivity contribution in [2.45, 2.75) is 33.4 Å². The molecule has 3 aromatic rings. The van der Waals surface area contributed by atoms with E-state index in [4.69, 9.17) is 16.3 Å². The average Bonchev–Trinajstić information content (AvgIpc) is 2.62. The fourth-order valence-electron chi connectivity index (χ4n) is 3.47. The van der Waals surface area contributed by atoms with Gasteiger partial charge in [-0.25, -0.2) is 0 Å². The van der Waals surface area contributed by atoms with Gasteiger partial charge in [0.25, 0.3) is 5.91 Å². The van der Waals surface area contributed by atoms with Crippen LogP contribution in [0, 0.1) is 13.8 Å². The molecule has 2 heterocycles. The van der Waals surface area contributed by atoms with Gasteiger partial charge in [0.15, 0.2) is 0 Å². The number of benzene rings is 2. The van der Waals surface area contributed by atoms with Gasteiger partial charge in [0, 0.05) is 11.9 Å². The van der Waals surface area contributed by atoms with Gasteiger partial charge in [-0.15, -0.1) is 0 Å². The molecule has 0 bridgehead atoms. The van der Waals surface area contributed by atoms with Crippen molar-refractivity contribution in [1.29, 1.82) is 0 Å². The van der Waals surface area contributed by atoms with Crippen LogP contribution < -0.4 is 15.5 Å². The fourth-order valence-corrected chi connectivity index (χ4v) is 3.71. The van der Waals surface area contributed by atoms with Crippen LogP contribution in [0.3, 0.4) is 0 Å². The maximum atomic E-state index is 13.0. The maximum Gasteiger partial charge on any atom is 0.261 e. The first-order valence-electron chi connectivity index (χ1n) is 8.76. The smallest absolute Gasteiger partial charge is 0.261 e. The Morgan fingerprint density at radius 3 is 2.81 bits per heavy atom. The Labute approximate surface area is 161 Å². The molecule has 5 nitrogen and oxygen atoms in total. The SMILES string of the molecule is Cc1cccc(NC(=O)c2cn3c4c(ccc(Cl)c4c2=O)OC(C)C3)c1C. The molecule has 0 fully saturated rings. The third-order valence-electron chi connectivity index (χ3n) is 5.01. The van der Waals surface area contributed by atoms with Crippen LogP contribution in [0.15, 0.2) is 41.3 Å². The molecule has 27 heavy (non-hydrogen) atoms. The van der Waals surface area contributed by atoms with E-state index in [0.29, 0.717) is 33.9 Å². The number of hydrogen-bond acceptors (Lipinski definition) is 3. The summed E-state index contributed by atoms with van der Waals surface area (Å²) in [5.74, 6) is 0.159. The van der Waals surface area contributed by atoms with Gasteiger partial charge in [0.2, 0.25) is 5.43 Å². The molecule has 1 amide bonds. The van der Waals surface area contributed by atoms with Crippen LogP contribution in [0.4, 0.5) is 5.69 Å². The third-order valence-corrected chi connectivity index (χ3v) is 5.33. The van der Waals surface area contributed by atoms with E-state index in [1.165, 1.54) is 0 Å². The molecule has 1 aromatic heterocycles. The Hall–Kier alpha value is -2.79. The molecule has 2 aromatic carbocycles. The zero-order valence-corrected chi connectivity index (χ0v) is 16.1. The summed E-state index contributed by atoms with van der Waals surface area (Å²) in [7, 11) is 0. The second kappa shape index (κ2) is 6.43. The minimum absolute atomic E-state index is 0.0663. The predicted octanol–water partition coefficient (Wildman–Crippen LogP) is 4.30. The van der Waals surface area contributed by atoms with Gasteiger partial charge in [-0.05, 0) is 50.1 Å². The van der Waals surface area contributed by atoms with Crippen LogP contribution >= 0.6 is 11.6 Å². The standard InChI is InChI=1S/C21H19ClN2O3/c1-11-5-4-6-16(13(11)3)23-21(26)14-10-24-9-12(2)27-17-8-7-15(22)18(19(17)24)20(14)25/h4-8,10,12H,9H2,1-3H3,(H,23,26). The van der Waals surface area contributed by atoms with E-state index in [1.54, 1.807) is 18.3 Å². The Morgan fingerprint density at radius 2 is 2.04 bits per heavy atom. The largest absolute Gasteiger partial charge is 0.487 e. The molecule has 0 radical (unpaired) electrons. The van der Waals surface area contributed by atoms with Crippen LogP contribution in [0.5, 0.6) is 5.75 Å². The summed E-state index contributed by atoms with van der Waals surface area (Å²) in [6.45, 7) is 6.39. The normalized spacial score (nSPS) is 15.5. The zero-order chi connectivity index (χ0) is 19.3. The number of carbonyl (C=O) groups excluding carboxylic acids is 1. The molecule has 6 heteroatoms. The van der Waals surface area contributed by atoms with Crippen molar-refractivity contribution in [3.8, 4) is 5.75 Å².